The third kappa shape index (κ3) is 3.87. The first-order chi connectivity index (χ1) is 12.9. The molecule has 2 aromatic rings. The number of hydrogen-bond acceptors (Lipinski definition) is 4. The van der Waals surface area contributed by atoms with Crippen LogP contribution in [0.15, 0.2) is 30.6 Å². The Morgan fingerprint density at radius 2 is 1.96 bits per heavy atom. The van der Waals surface area contributed by atoms with Gasteiger partial charge < -0.3 is 14.5 Å². The highest BCUT2D eigenvalue weighted by atomic mass is 16.6. The summed E-state index contributed by atoms with van der Waals surface area (Å²) in [6.07, 6.45) is 6.93. The lowest BCUT2D eigenvalue weighted by atomic mass is 9.93. The number of nitrogens with zero attached hydrogens (tertiary/aromatic N) is 3. The number of carbonyl (C=O) groups is 1. The van der Waals surface area contributed by atoms with Crippen molar-refractivity contribution in [1.82, 2.24) is 9.88 Å². The lowest BCUT2D eigenvalue weighted by Gasteiger charge is -2.38. The maximum atomic E-state index is 12.3. The lowest BCUT2D eigenvalue weighted by molar-refractivity contribution is 0.0186. The number of likely N-dealkylation sites (tertiary alicyclic amines) is 1. The number of hydrogen-bond donors (Lipinski definition) is 0. The Morgan fingerprint density at radius 1 is 1.19 bits per heavy atom. The predicted molar refractivity (Wildman–Crippen MR) is 108 cm³/mol. The van der Waals surface area contributed by atoms with Crippen LogP contribution in [0.25, 0.3) is 10.8 Å². The second-order valence-corrected chi connectivity index (χ2v) is 8.78. The van der Waals surface area contributed by atoms with Crippen molar-refractivity contribution in [2.24, 2.45) is 5.92 Å². The van der Waals surface area contributed by atoms with E-state index in [0.717, 1.165) is 45.4 Å². The standard InChI is InChI=1S/C22H29N3O2/c1-22(2,3)27-21(26)24-10-7-16(8-11-24)15-25-12-9-18-14-23-13-17-5-4-6-19(25)20(17)18/h4-6,13-14,16H,7-12,15H2,1-3H3. The van der Waals surface area contributed by atoms with Gasteiger partial charge in [0.15, 0.2) is 0 Å². The van der Waals surface area contributed by atoms with Crippen molar-refractivity contribution in [1.29, 1.82) is 0 Å². The number of carbonyl (C=O) groups excluding carboxylic acids is 1. The average Bonchev–Trinajstić information content (AvgIpc) is 2.63. The molecular weight excluding hydrogens is 338 g/mol. The monoisotopic (exact) mass is 367 g/mol. The Hall–Kier alpha value is -2.30. The zero-order valence-corrected chi connectivity index (χ0v) is 16.6. The number of aromatic nitrogens is 1. The highest BCUT2D eigenvalue weighted by Crippen LogP contribution is 2.34. The molecule has 0 N–H and O–H groups in total. The van der Waals surface area contributed by atoms with Crippen LogP contribution in [-0.4, -0.2) is 47.8 Å². The molecule has 144 valence electrons. The highest BCUT2D eigenvalue weighted by molar-refractivity contribution is 5.97. The van der Waals surface area contributed by atoms with Crippen molar-refractivity contribution in [3.63, 3.8) is 0 Å². The summed E-state index contributed by atoms with van der Waals surface area (Å²) in [5.74, 6) is 0.613. The van der Waals surface area contributed by atoms with Crippen LogP contribution in [0, 0.1) is 5.92 Å². The van der Waals surface area contributed by atoms with Crippen LogP contribution in [0.4, 0.5) is 10.5 Å². The third-order valence-electron chi connectivity index (χ3n) is 5.58. The molecule has 0 spiro atoms. The third-order valence-corrected chi connectivity index (χ3v) is 5.58. The molecule has 5 nitrogen and oxygen atoms in total. The minimum absolute atomic E-state index is 0.176. The van der Waals surface area contributed by atoms with Gasteiger partial charge in [-0.3, -0.25) is 4.98 Å². The van der Waals surface area contributed by atoms with Gasteiger partial charge in [0.2, 0.25) is 0 Å². The first-order valence-electron chi connectivity index (χ1n) is 9.99. The normalized spacial score (nSPS) is 18.0. The van der Waals surface area contributed by atoms with Gasteiger partial charge in [-0.2, -0.15) is 0 Å². The molecule has 0 atom stereocenters. The van der Waals surface area contributed by atoms with E-state index in [9.17, 15) is 4.79 Å². The fraction of sp³-hybridized carbons (Fsp3) is 0.545. The van der Waals surface area contributed by atoms with E-state index in [4.69, 9.17) is 4.74 Å². The molecule has 4 rings (SSSR count). The fourth-order valence-electron chi connectivity index (χ4n) is 4.24. The molecule has 0 aliphatic carbocycles. The Bertz CT molecular complexity index is 830. The van der Waals surface area contributed by atoms with Gasteiger partial charge >= 0.3 is 6.09 Å². The van der Waals surface area contributed by atoms with E-state index in [-0.39, 0.29) is 6.09 Å². The Labute approximate surface area is 161 Å². The first kappa shape index (κ1) is 18.1. The van der Waals surface area contributed by atoms with Crippen molar-refractivity contribution in [3.05, 3.63) is 36.2 Å². The minimum Gasteiger partial charge on any atom is -0.444 e. The summed E-state index contributed by atoms with van der Waals surface area (Å²) in [4.78, 5) is 21.0. The van der Waals surface area contributed by atoms with Crippen LogP contribution >= 0.6 is 0 Å². The van der Waals surface area contributed by atoms with Gasteiger partial charge in [-0.05, 0) is 57.6 Å². The zero-order valence-electron chi connectivity index (χ0n) is 16.6. The van der Waals surface area contributed by atoms with Gasteiger partial charge in [0.1, 0.15) is 5.60 Å². The van der Waals surface area contributed by atoms with Gasteiger partial charge in [0, 0.05) is 55.0 Å². The number of piperidine rings is 1. The van der Waals surface area contributed by atoms with Gasteiger partial charge in [0.05, 0.1) is 0 Å². The molecule has 1 aromatic heterocycles. The van der Waals surface area contributed by atoms with Gasteiger partial charge in [0.25, 0.3) is 0 Å². The van der Waals surface area contributed by atoms with E-state index in [1.54, 1.807) is 0 Å². The number of ether oxygens (including phenoxy) is 1. The Balaban J connectivity index is 1.40. The number of pyridine rings is 1. The highest BCUT2D eigenvalue weighted by Gasteiger charge is 2.29. The molecule has 27 heavy (non-hydrogen) atoms. The maximum Gasteiger partial charge on any atom is 0.410 e. The number of amides is 1. The van der Waals surface area contributed by atoms with Gasteiger partial charge in [-0.15, -0.1) is 0 Å². The summed E-state index contributed by atoms with van der Waals surface area (Å²) >= 11 is 0. The first-order valence-corrected chi connectivity index (χ1v) is 9.99. The van der Waals surface area contributed by atoms with E-state index in [0.29, 0.717) is 5.92 Å². The number of rotatable bonds is 2. The summed E-state index contributed by atoms with van der Waals surface area (Å²) < 4.78 is 5.51. The second kappa shape index (κ2) is 7.02. The molecule has 0 unspecified atom stereocenters. The fourth-order valence-corrected chi connectivity index (χ4v) is 4.24. The van der Waals surface area contributed by atoms with Crippen molar-refractivity contribution in [3.8, 4) is 0 Å². The quantitative estimate of drug-likeness (QED) is 0.796. The van der Waals surface area contributed by atoms with Crippen LogP contribution in [0.3, 0.4) is 0 Å². The van der Waals surface area contributed by atoms with Crippen molar-refractivity contribution >= 4 is 22.6 Å². The average molecular weight is 367 g/mol. The van der Waals surface area contributed by atoms with E-state index < -0.39 is 5.60 Å². The SMILES string of the molecule is CC(C)(C)OC(=O)N1CCC(CN2CCc3cncc4cccc2c34)CC1. The molecule has 2 aliphatic rings. The molecule has 0 saturated carbocycles. The van der Waals surface area contributed by atoms with Crippen LogP contribution in [0.5, 0.6) is 0 Å². The number of anilines is 1. The second-order valence-electron chi connectivity index (χ2n) is 8.78. The van der Waals surface area contributed by atoms with Crippen molar-refractivity contribution < 1.29 is 9.53 Å². The van der Waals surface area contributed by atoms with E-state index in [1.807, 2.05) is 38.1 Å². The Kier molecular flexibility index (Phi) is 4.70. The summed E-state index contributed by atoms with van der Waals surface area (Å²) in [6.45, 7) is 9.44. The molecule has 1 saturated heterocycles. The molecule has 5 heteroatoms. The van der Waals surface area contributed by atoms with E-state index in [2.05, 4.69) is 28.1 Å². The van der Waals surface area contributed by atoms with E-state index in [1.165, 1.54) is 22.0 Å². The summed E-state index contributed by atoms with van der Waals surface area (Å²) in [6, 6.07) is 6.52. The molecule has 1 amide bonds. The van der Waals surface area contributed by atoms with Crippen molar-refractivity contribution in [2.75, 3.05) is 31.1 Å². The van der Waals surface area contributed by atoms with Crippen LogP contribution in [0.2, 0.25) is 0 Å². The van der Waals surface area contributed by atoms with Gasteiger partial charge in [-0.1, -0.05) is 12.1 Å². The molecule has 1 fully saturated rings. The Morgan fingerprint density at radius 3 is 2.70 bits per heavy atom. The molecule has 2 aliphatic heterocycles. The summed E-state index contributed by atoms with van der Waals surface area (Å²) in [5.41, 5.74) is 2.27. The van der Waals surface area contributed by atoms with Gasteiger partial charge in [-0.25, -0.2) is 4.79 Å². The summed E-state index contributed by atoms with van der Waals surface area (Å²) in [7, 11) is 0. The predicted octanol–water partition coefficient (Wildman–Crippen LogP) is 4.24. The molecule has 1 aromatic carbocycles. The van der Waals surface area contributed by atoms with Crippen molar-refractivity contribution in [2.45, 2.75) is 45.6 Å². The van der Waals surface area contributed by atoms with Crippen LogP contribution < -0.4 is 4.90 Å². The van der Waals surface area contributed by atoms with Crippen LogP contribution in [-0.2, 0) is 11.2 Å². The summed E-state index contributed by atoms with van der Waals surface area (Å²) in [5, 5.41) is 2.60. The van der Waals surface area contributed by atoms with Crippen LogP contribution in [0.1, 0.15) is 39.2 Å². The topological polar surface area (TPSA) is 45.7 Å². The number of benzene rings is 1. The molecular formula is C22H29N3O2. The molecule has 0 bridgehead atoms. The largest absolute Gasteiger partial charge is 0.444 e. The zero-order chi connectivity index (χ0) is 19.0. The van der Waals surface area contributed by atoms with E-state index >= 15 is 0 Å². The smallest absolute Gasteiger partial charge is 0.410 e. The lowest BCUT2D eigenvalue weighted by Crippen LogP contribution is -2.44. The molecule has 0 radical (unpaired) electrons. The molecule has 3 heterocycles. The minimum atomic E-state index is -0.428. The maximum absolute atomic E-state index is 12.3.